The Kier molecular flexibility index (Phi) is 5.98. The van der Waals surface area contributed by atoms with Gasteiger partial charge >= 0.3 is 0 Å². The van der Waals surface area contributed by atoms with Gasteiger partial charge in [0, 0.05) is 0 Å². The van der Waals surface area contributed by atoms with Crippen molar-refractivity contribution >= 4 is 0 Å². The summed E-state index contributed by atoms with van der Waals surface area (Å²) in [6, 6.07) is 0. The molecule has 0 aromatic rings. The van der Waals surface area contributed by atoms with Crippen LogP contribution in [0.15, 0.2) is 0 Å². The van der Waals surface area contributed by atoms with Crippen LogP contribution in [0.2, 0.25) is 0 Å². The Hall–Kier alpha value is -0.0400. The zero-order chi connectivity index (χ0) is 21.0. The molecule has 1 heteroatoms. The number of fused-ring (bicyclic) bond motifs is 5. The summed E-state index contributed by atoms with van der Waals surface area (Å²) >= 11 is 0. The molecule has 0 heterocycles. The van der Waals surface area contributed by atoms with Gasteiger partial charge in [0.25, 0.3) is 0 Å². The van der Waals surface area contributed by atoms with Crippen LogP contribution in [-0.4, -0.2) is 10.7 Å². The van der Waals surface area contributed by atoms with E-state index in [0.29, 0.717) is 22.7 Å². The summed E-state index contributed by atoms with van der Waals surface area (Å²) in [5.74, 6) is 5.30. The fourth-order valence-electron chi connectivity index (χ4n) is 9.41. The lowest BCUT2D eigenvalue weighted by Crippen LogP contribution is -2.63. The van der Waals surface area contributed by atoms with E-state index in [1.54, 1.807) is 0 Å². The fourth-order valence-corrected chi connectivity index (χ4v) is 9.41. The first-order valence-corrected chi connectivity index (χ1v) is 13.4. The molecule has 9 atom stereocenters. The van der Waals surface area contributed by atoms with E-state index in [0.717, 1.165) is 36.0 Å². The van der Waals surface area contributed by atoms with Crippen molar-refractivity contribution in [2.24, 2.45) is 52.3 Å². The van der Waals surface area contributed by atoms with E-state index in [-0.39, 0.29) is 5.60 Å². The van der Waals surface area contributed by atoms with Crippen LogP contribution in [0.4, 0.5) is 0 Å². The van der Waals surface area contributed by atoms with Crippen LogP contribution in [-0.2, 0) is 0 Å². The van der Waals surface area contributed by atoms with Gasteiger partial charge in [-0.1, -0.05) is 67.2 Å². The first-order valence-electron chi connectivity index (χ1n) is 13.4. The number of hydrogen-bond acceptors (Lipinski definition) is 1. The molecule has 1 N–H and O–H groups in total. The van der Waals surface area contributed by atoms with E-state index in [4.69, 9.17) is 0 Å². The Labute approximate surface area is 181 Å². The van der Waals surface area contributed by atoms with Crippen molar-refractivity contribution in [3.05, 3.63) is 0 Å². The molecule has 0 saturated heterocycles. The smallest absolute Gasteiger partial charge is 0.0714 e. The number of hydrogen-bond donors (Lipinski definition) is 1. The van der Waals surface area contributed by atoms with E-state index in [2.05, 4.69) is 41.5 Å². The van der Waals surface area contributed by atoms with Crippen LogP contribution < -0.4 is 0 Å². The average molecular weight is 403 g/mol. The molecule has 0 aliphatic heterocycles. The van der Waals surface area contributed by atoms with Crippen molar-refractivity contribution in [3.63, 3.8) is 0 Å². The Morgan fingerprint density at radius 2 is 1.48 bits per heavy atom. The predicted octanol–water partition coefficient (Wildman–Crippen LogP) is 7.86. The monoisotopic (exact) mass is 402 g/mol. The lowest BCUT2D eigenvalue weighted by atomic mass is 9.42. The van der Waals surface area contributed by atoms with Crippen molar-refractivity contribution in [3.8, 4) is 0 Å². The minimum absolute atomic E-state index is 0.366. The molecule has 1 unspecified atom stereocenters. The first kappa shape index (κ1) is 22.2. The third-order valence-corrected chi connectivity index (χ3v) is 11.6. The largest absolute Gasteiger partial charge is 0.389 e. The molecule has 1 nitrogen and oxygen atoms in total. The van der Waals surface area contributed by atoms with Gasteiger partial charge in [0.15, 0.2) is 0 Å². The summed E-state index contributed by atoms with van der Waals surface area (Å²) < 4.78 is 0. The molecule has 4 rings (SSSR count). The molecule has 0 radical (unpaired) electrons. The Bertz CT molecular complexity index is 583. The lowest BCUT2D eigenvalue weighted by Gasteiger charge is -2.64. The van der Waals surface area contributed by atoms with Gasteiger partial charge in [-0.3, -0.25) is 0 Å². The lowest BCUT2D eigenvalue weighted by molar-refractivity contribution is -0.222. The Balaban J connectivity index is 1.52. The molecular formula is C28H50O. The van der Waals surface area contributed by atoms with Crippen molar-refractivity contribution in [2.75, 3.05) is 0 Å². The van der Waals surface area contributed by atoms with E-state index in [9.17, 15) is 5.11 Å². The maximum atomic E-state index is 12.3. The quantitative estimate of drug-likeness (QED) is 0.496. The van der Waals surface area contributed by atoms with Crippen LogP contribution in [0.5, 0.6) is 0 Å². The molecule has 29 heavy (non-hydrogen) atoms. The van der Waals surface area contributed by atoms with Crippen molar-refractivity contribution < 1.29 is 5.11 Å². The standard InChI is InChI=1S/C28H50O/c1-19(2)20(3)10-11-21(4)23-12-13-24-27(23,6)17-15-25-26(5)16-8-7-9-22(26)14-18-28(24,25)29/h19-25,29H,7-18H2,1-6H3/t20-,21+,22?,23+,24+,25+,26-,27+,28+/m0/s1. The van der Waals surface area contributed by atoms with Gasteiger partial charge in [0.1, 0.15) is 0 Å². The summed E-state index contributed by atoms with van der Waals surface area (Å²) in [4.78, 5) is 0. The molecule has 4 aliphatic carbocycles. The molecule has 168 valence electrons. The molecule has 0 amide bonds. The minimum Gasteiger partial charge on any atom is -0.389 e. The highest BCUT2D eigenvalue weighted by atomic mass is 16.3. The van der Waals surface area contributed by atoms with Crippen LogP contribution in [0.25, 0.3) is 0 Å². The average Bonchev–Trinajstić information content (AvgIpc) is 3.03. The highest BCUT2D eigenvalue weighted by Gasteiger charge is 2.66. The summed E-state index contributed by atoms with van der Waals surface area (Å²) in [6.07, 6.45) is 16.1. The van der Waals surface area contributed by atoms with E-state index >= 15 is 0 Å². The van der Waals surface area contributed by atoms with Gasteiger partial charge in [0.05, 0.1) is 5.60 Å². The molecule has 0 aromatic heterocycles. The zero-order valence-electron chi connectivity index (χ0n) is 20.5. The zero-order valence-corrected chi connectivity index (χ0v) is 20.5. The third-order valence-electron chi connectivity index (χ3n) is 11.6. The predicted molar refractivity (Wildman–Crippen MR) is 124 cm³/mol. The molecule has 4 aliphatic rings. The van der Waals surface area contributed by atoms with Gasteiger partial charge in [-0.05, 0) is 104 Å². The van der Waals surface area contributed by atoms with Crippen LogP contribution in [0, 0.1) is 52.3 Å². The van der Waals surface area contributed by atoms with E-state index in [1.807, 2.05) is 0 Å². The van der Waals surface area contributed by atoms with E-state index in [1.165, 1.54) is 70.6 Å². The topological polar surface area (TPSA) is 20.2 Å². The highest BCUT2D eigenvalue weighted by Crippen LogP contribution is 2.69. The number of aliphatic hydroxyl groups is 1. The van der Waals surface area contributed by atoms with Crippen LogP contribution in [0.3, 0.4) is 0 Å². The maximum absolute atomic E-state index is 12.3. The summed E-state index contributed by atoms with van der Waals surface area (Å²) in [5.41, 5.74) is 0.432. The Morgan fingerprint density at radius 3 is 2.21 bits per heavy atom. The third kappa shape index (κ3) is 3.44. The van der Waals surface area contributed by atoms with Gasteiger partial charge in [-0.25, -0.2) is 0 Å². The second kappa shape index (κ2) is 7.83. The van der Waals surface area contributed by atoms with Crippen molar-refractivity contribution in [2.45, 2.75) is 124 Å². The van der Waals surface area contributed by atoms with Crippen molar-refractivity contribution in [1.82, 2.24) is 0 Å². The molecular weight excluding hydrogens is 352 g/mol. The Morgan fingerprint density at radius 1 is 0.759 bits per heavy atom. The molecule has 0 bridgehead atoms. The summed E-state index contributed by atoms with van der Waals surface area (Å²) in [5, 5.41) is 12.3. The maximum Gasteiger partial charge on any atom is 0.0714 e. The normalized spacial score (nSPS) is 49.2. The van der Waals surface area contributed by atoms with Crippen molar-refractivity contribution in [1.29, 1.82) is 0 Å². The van der Waals surface area contributed by atoms with Gasteiger partial charge in [0.2, 0.25) is 0 Å². The number of rotatable bonds is 5. The van der Waals surface area contributed by atoms with E-state index < -0.39 is 0 Å². The summed E-state index contributed by atoms with van der Waals surface area (Å²) in [6.45, 7) is 14.9. The second-order valence-corrected chi connectivity index (χ2v) is 13.1. The molecule has 4 fully saturated rings. The van der Waals surface area contributed by atoms with Crippen LogP contribution >= 0.6 is 0 Å². The van der Waals surface area contributed by atoms with Crippen LogP contribution in [0.1, 0.15) is 119 Å². The van der Waals surface area contributed by atoms with Gasteiger partial charge in [-0.15, -0.1) is 0 Å². The first-order chi connectivity index (χ1) is 13.6. The molecule has 0 spiro atoms. The fraction of sp³-hybridized carbons (Fsp3) is 1.00. The summed E-state index contributed by atoms with van der Waals surface area (Å²) in [7, 11) is 0. The SMILES string of the molecule is CC(C)[C@@H](C)CC[C@@H](C)[C@H]1CC[C@@H]2[C@]1(C)CC[C@H]1[C@@]2(O)CCC2CCCC[C@@]21C. The van der Waals surface area contributed by atoms with Gasteiger partial charge in [-0.2, -0.15) is 0 Å². The molecule has 0 aromatic carbocycles. The minimum atomic E-state index is -0.366. The highest BCUT2D eigenvalue weighted by molar-refractivity contribution is 5.16. The second-order valence-electron chi connectivity index (χ2n) is 13.1. The van der Waals surface area contributed by atoms with Gasteiger partial charge < -0.3 is 5.11 Å². The molecule has 4 saturated carbocycles.